The molecule has 1 aromatic rings. The molecule has 20 heavy (non-hydrogen) atoms. The number of benzene rings is 1. The Balaban J connectivity index is 1.91. The maximum atomic E-state index is 9.49. The largest absolute Gasteiger partial charge is 0.396 e. The van der Waals surface area contributed by atoms with E-state index in [9.17, 15) is 5.11 Å². The predicted octanol–water partition coefficient (Wildman–Crippen LogP) is 2.76. The molecule has 112 valence electrons. The van der Waals surface area contributed by atoms with Crippen molar-refractivity contribution in [2.75, 3.05) is 26.9 Å². The fraction of sp³-hybridized carbons (Fsp3) is 0.647. The van der Waals surface area contributed by atoms with Crippen LogP contribution >= 0.6 is 0 Å². The van der Waals surface area contributed by atoms with E-state index in [4.69, 9.17) is 4.74 Å². The van der Waals surface area contributed by atoms with Crippen molar-refractivity contribution in [3.63, 3.8) is 0 Å². The van der Waals surface area contributed by atoms with Gasteiger partial charge in [-0.3, -0.25) is 0 Å². The van der Waals surface area contributed by atoms with Gasteiger partial charge in [-0.05, 0) is 36.8 Å². The molecular formula is C17H27NO2. The minimum Gasteiger partial charge on any atom is -0.396 e. The molecule has 2 rings (SSSR count). The van der Waals surface area contributed by atoms with Gasteiger partial charge in [-0.25, -0.2) is 0 Å². The summed E-state index contributed by atoms with van der Waals surface area (Å²) in [6, 6.07) is 10.7. The lowest BCUT2D eigenvalue weighted by Crippen LogP contribution is -2.35. The van der Waals surface area contributed by atoms with E-state index in [0.29, 0.717) is 25.0 Å². The standard InChI is InChI=1S/C17H27NO2/c1-20-13-17(14-7-3-2-4-8-14)18-11-15-9-5-6-10-16(15)12-19/h2-4,7-8,15-19H,5-6,9-13H2,1H3. The second kappa shape index (κ2) is 8.40. The zero-order valence-corrected chi connectivity index (χ0v) is 12.4. The Kier molecular flexibility index (Phi) is 6.51. The predicted molar refractivity (Wildman–Crippen MR) is 81.6 cm³/mol. The maximum Gasteiger partial charge on any atom is 0.0657 e. The minimum atomic E-state index is 0.238. The molecule has 3 atom stereocenters. The highest BCUT2D eigenvalue weighted by atomic mass is 16.5. The van der Waals surface area contributed by atoms with Crippen LogP contribution in [0.3, 0.4) is 0 Å². The van der Waals surface area contributed by atoms with E-state index in [1.165, 1.54) is 31.2 Å². The average molecular weight is 277 g/mol. The summed E-state index contributed by atoms with van der Waals surface area (Å²) in [5.41, 5.74) is 1.27. The van der Waals surface area contributed by atoms with Crippen molar-refractivity contribution in [1.82, 2.24) is 5.32 Å². The second-order valence-corrected chi connectivity index (χ2v) is 5.81. The van der Waals surface area contributed by atoms with Crippen LogP contribution in [0, 0.1) is 11.8 Å². The number of nitrogens with one attached hydrogen (secondary N) is 1. The molecule has 0 aromatic heterocycles. The average Bonchev–Trinajstić information content (AvgIpc) is 2.52. The normalized spacial score (nSPS) is 24.5. The van der Waals surface area contributed by atoms with E-state index in [1.807, 2.05) is 6.07 Å². The first-order valence-corrected chi connectivity index (χ1v) is 7.73. The van der Waals surface area contributed by atoms with Crippen molar-refractivity contribution in [1.29, 1.82) is 0 Å². The third-order valence-electron chi connectivity index (χ3n) is 4.46. The lowest BCUT2D eigenvalue weighted by atomic mass is 9.79. The SMILES string of the molecule is COCC(NCC1CCCCC1CO)c1ccccc1. The molecule has 0 spiro atoms. The van der Waals surface area contributed by atoms with Gasteiger partial charge in [-0.2, -0.15) is 0 Å². The third kappa shape index (κ3) is 4.30. The summed E-state index contributed by atoms with van der Waals surface area (Å²) >= 11 is 0. The molecule has 1 saturated carbocycles. The van der Waals surface area contributed by atoms with Crippen LogP contribution in [0.5, 0.6) is 0 Å². The van der Waals surface area contributed by atoms with Crippen molar-refractivity contribution in [3.8, 4) is 0 Å². The first-order chi connectivity index (χ1) is 9.85. The van der Waals surface area contributed by atoms with Crippen LogP contribution in [0.1, 0.15) is 37.3 Å². The van der Waals surface area contributed by atoms with E-state index in [0.717, 1.165) is 6.54 Å². The summed E-state index contributed by atoms with van der Waals surface area (Å²) in [7, 11) is 1.74. The van der Waals surface area contributed by atoms with Gasteiger partial charge in [-0.15, -0.1) is 0 Å². The zero-order valence-electron chi connectivity index (χ0n) is 12.4. The minimum absolute atomic E-state index is 0.238. The highest BCUT2D eigenvalue weighted by Gasteiger charge is 2.25. The summed E-state index contributed by atoms with van der Waals surface area (Å²) < 4.78 is 5.34. The lowest BCUT2D eigenvalue weighted by molar-refractivity contribution is 0.121. The van der Waals surface area contributed by atoms with E-state index < -0.39 is 0 Å². The van der Waals surface area contributed by atoms with Gasteiger partial charge in [0.1, 0.15) is 0 Å². The van der Waals surface area contributed by atoms with Crippen LogP contribution in [0.25, 0.3) is 0 Å². The first kappa shape index (κ1) is 15.5. The van der Waals surface area contributed by atoms with Crippen LogP contribution in [-0.4, -0.2) is 32.0 Å². The molecule has 0 bridgehead atoms. The van der Waals surface area contributed by atoms with Crippen LogP contribution in [0.2, 0.25) is 0 Å². The van der Waals surface area contributed by atoms with Gasteiger partial charge in [0.2, 0.25) is 0 Å². The highest BCUT2D eigenvalue weighted by Crippen LogP contribution is 2.29. The first-order valence-electron chi connectivity index (χ1n) is 7.73. The van der Waals surface area contributed by atoms with Gasteiger partial charge >= 0.3 is 0 Å². The number of aliphatic hydroxyl groups excluding tert-OH is 1. The van der Waals surface area contributed by atoms with Crippen molar-refractivity contribution in [2.24, 2.45) is 11.8 Å². The number of hydrogen-bond acceptors (Lipinski definition) is 3. The maximum absolute atomic E-state index is 9.49. The summed E-state index contributed by atoms with van der Waals surface area (Å²) in [6.07, 6.45) is 4.96. The van der Waals surface area contributed by atoms with Crippen LogP contribution < -0.4 is 5.32 Å². The molecule has 1 aliphatic carbocycles. The van der Waals surface area contributed by atoms with Crippen molar-refractivity contribution < 1.29 is 9.84 Å². The number of rotatable bonds is 7. The second-order valence-electron chi connectivity index (χ2n) is 5.81. The molecule has 0 heterocycles. The molecule has 1 aliphatic rings. The smallest absolute Gasteiger partial charge is 0.0657 e. The molecule has 0 amide bonds. The number of ether oxygens (including phenoxy) is 1. The van der Waals surface area contributed by atoms with Crippen LogP contribution in [0.15, 0.2) is 30.3 Å². The Morgan fingerprint density at radius 2 is 1.90 bits per heavy atom. The lowest BCUT2D eigenvalue weighted by Gasteiger charge is -2.32. The fourth-order valence-electron chi connectivity index (χ4n) is 3.21. The van der Waals surface area contributed by atoms with Gasteiger partial charge < -0.3 is 15.2 Å². The van der Waals surface area contributed by atoms with Crippen molar-refractivity contribution >= 4 is 0 Å². The summed E-state index contributed by atoms with van der Waals surface area (Å²) in [6.45, 7) is 1.97. The Morgan fingerprint density at radius 3 is 2.55 bits per heavy atom. The molecule has 3 nitrogen and oxygen atoms in total. The van der Waals surface area contributed by atoms with Crippen LogP contribution in [0.4, 0.5) is 0 Å². The van der Waals surface area contributed by atoms with Crippen molar-refractivity contribution in [2.45, 2.75) is 31.7 Å². The van der Waals surface area contributed by atoms with Gasteiger partial charge in [-0.1, -0.05) is 43.2 Å². The summed E-state index contributed by atoms with van der Waals surface area (Å²) in [5.74, 6) is 1.06. The van der Waals surface area contributed by atoms with Crippen LogP contribution in [-0.2, 0) is 4.74 Å². The van der Waals surface area contributed by atoms with E-state index in [2.05, 4.69) is 29.6 Å². The summed E-state index contributed by atoms with van der Waals surface area (Å²) in [5, 5.41) is 13.1. The van der Waals surface area contributed by atoms with Gasteiger partial charge in [0.05, 0.1) is 12.6 Å². The van der Waals surface area contributed by atoms with Crippen molar-refractivity contribution in [3.05, 3.63) is 35.9 Å². The van der Waals surface area contributed by atoms with Gasteiger partial charge in [0.25, 0.3) is 0 Å². The number of hydrogen-bond donors (Lipinski definition) is 2. The fourth-order valence-corrected chi connectivity index (χ4v) is 3.21. The molecule has 0 radical (unpaired) electrons. The Bertz CT molecular complexity index is 369. The monoisotopic (exact) mass is 277 g/mol. The molecular weight excluding hydrogens is 250 g/mol. The molecule has 1 fully saturated rings. The van der Waals surface area contributed by atoms with Gasteiger partial charge in [0, 0.05) is 13.7 Å². The highest BCUT2D eigenvalue weighted by molar-refractivity contribution is 5.18. The molecule has 2 N–H and O–H groups in total. The molecule has 3 unspecified atom stereocenters. The Hall–Kier alpha value is -0.900. The molecule has 3 heteroatoms. The zero-order chi connectivity index (χ0) is 14.2. The number of methoxy groups -OCH3 is 1. The summed E-state index contributed by atoms with van der Waals surface area (Å²) in [4.78, 5) is 0. The topological polar surface area (TPSA) is 41.5 Å². The van der Waals surface area contributed by atoms with Gasteiger partial charge in [0.15, 0.2) is 0 Å². The third-order valence-corrected chi connectivity index (χ3v) is 4.46. The molecule has 0 saturated heterocycles. The Morgan fingerprint density at radius 1 is 1.20 bits per heavy atom. The quantitative estimate of drug-likeness (QED) is 0.805. The molecule has 1 aromatic carbocycles. The number of aliphatic hydroxyl groups is 1. The molecule has 0 aliphatic heterocycles. The Labute approximate surface area is 122 Å². The van der Waals surface area contributed by atoms with E-state index >= 15 is 0 Å². The van der Waals surface area contributed by atoms with E-state index in [1.54, 1.807) is 7.11 Å². The van der Waals surface area contributed by atoms with E-state index in [-0.39, 0.29) is 6.04 Å².